The summed E-state index contributed by atoms with van der Waals surface area (Å²) in [6.45, 7) is 2.08. The van der Waals surface area contributed by atoms with E-state index in [1.54, 1.807) is 35.6 Å². The maximum atomic E-state index is 11.2. The van der Waals surface area contributed by atoms with Crippen molar-refractivity contribution in [1.29, 1.82) is 0 Å². The molecular formula is C19H18ClN3O2S2. The van der Waals surface area contributed by atoms with E-state index in [1.165, 1.54) is 0 Å². The highest BCUT2D eigenvalue weighted by Crippen LogP contribution is 2.26. The number of hydrogen-bond acceptors (Lipinski definition) is 4. The molecule has 140 valence electrons. The third-order valence-electron chi connectivity index (χ3n) is 3.95. The molecule has 0 radical (unpaired) electrons. The summed E-state index contributed by atoms with van der Waals surface area (Å²) in [6.07, 6.45) is 0.803. The SMILES string of the molecule is CCc1nc2ccc(NC(=S)N[C@@H](CC(=O)O)c3ccc(Cl)cc3)cc2s1. The molecule has 0 aliphatic carbocycles. The van der Waals surface area contributed by atoms with Gasteiger partial charge >= 0.3 is 5.97 Å². The van der Waals surface area contributed by atoms with Crippen molar-refractivity contribution in [2.24, 2.45) is 0 Å². The predicted molar refractivity (Wildman–Crippen MR) is 115 cm³/mol. The van der Waals surface area contributed by atoms with E-state index in [0.717, 1.165) is 32.9 Å². The molecule has 0 bridgehead atoms. The van der Waals surface area contributed by atoms with Crippen molar-refractivity contribution in [2.75, 3.05) is 5.32 Å². The van der Waals surface area contributed by atoms with Crippen LogP contribution in [0, 0.1) is 0 Å². The molecule has 3 aromatic rings. The van der Waals surface area contributed by atoms with Crippen LogP contribution in [0.3, 0.4) is 0 Å². The highest BCUT2D eigenvalue weighted by Gasteiger charge is 2.17. The Morgan fingerprint density at radius 2 is 2.04 bits per heavy atom. The molecule has 0 saturated carbocycles. The molecule has 1 atom stereocenters. The number of carbonyl (C=O) groups is 1. The van der Waals surface area contributed by atoms with Crippen LogP contribution in [0.5, 0.6) is 0 Å². The lowest BCUT2D eigenvalue weighted by Gasteiger charge is -2.20. The van der Waals surface area contributed by atoms with Crippen LogP contribution in [0.2, 0.25) is 5.02 Å². The topological polar surface area (TPSA) is 74.2 Å². The second-order valence-corrected chi connectivity index (χ2v) is 7.90. The van der Waals surface area contributed by atoms with Gasteiger partial charge in [0.05, 0.1) is 27.7 Å². The van der Waals surface area contributed by atoms with Crippen molar-refractivity contribution in [1.82, 2.24) is 10.3 Å². The monoisotopic (exact) mass is 419 g/mol. The van der Waals surface area contributed by atoms with Gasteiger partial charge in [0, 0.05) is 10.7 Å². The van der Waals surface area contributed by atoms with Gasteiger partial charge in [-0.2, -0.15) is 0 Å². The van der Waals surface area contributed by atoms with Crippen LogP contribution in [-0.2, 0) is 11.2 Å². The fourth-order valence-corrected chi connectivity index (χ4v) is 3.98. The van der Waals surface area contributed by atoms with Crippen molar-refractivity contribution in [3.8, 4) is 0 Å². The zero-order valence-corrected chi connectivity index (χ0v) is 16.9. The van der Waals surface area contributed by atoms with Crippen LogP contribution in [-0.4, -0.2) is 21.2 Å². The minimum atomic E-state index is -0.913. The van der Waals surface area contributed by atoms with Crippen molar-refractivity contribution in [2.45, 2.75) is 25.8 Å². The molecule has 0 fully saturated rings. The van der Waals surface area contributed by atoms with Gasteiger partial charge in [0.25, 0.3) is 0 Å². The van der Waals surface area contributed by atoms with E-state index in [4.69, 9.17) is 23.8 Å². The van der Waals surface area contributed by atoms with E-state index in [9.17, 15) is 9.90 Å². The molecule has 27 heavy (non-hydrogen) atoms. The number of aliphatic carboxylic acids is 1. The summed E-state index contributed by atoms with van der Waals surface area (Å²) >= 11 is 13.0. The molecular weight excluding hydrogens is 402 g/mol. The van der Waals surface area contributed by atoms with Crippen LogP contribution in [0.25, 0.3) is 10.2 Å². The number of aromatic nitrogens is 1. The quantitative estimate of drug-likeness (QED) is 0.487. The van der Waals surface area contributed by atoms with Gasteiger partial charge in [-0.05, 0) is 54.5 Å². The van der Waals surface area contributed by atoms with Gasteiger partial charge in [-0.15, -0.1) is 11.3 Å². The van der Waals surface area contributed by atoms with Gasteiger partial charge in [0.2, 0.25) is 0 Å². The van der Waals surface area contributed by atoms with E-state index in [1.807, 2.05) is 18.2 Å². The smallest absolute Gasteiger partial charge is 0.305 e. The molecule has 0 aliphatic rings. The van der Waals surface area contributed by atoms with Gasteiger partial charge in [-0.25, -0.2) is 4.98 Å². The van der Waals surface area contributed by atoms with Crippen LogP contribution < -0.4 is 10.6 Å². The molecule has 3 N–H and O–H groups in total. The first-order valence-corrected chi connectivity index (χ1v) is 9.99. The van der Waals surface area contributed by atoms with Gasteiger partial charge in [-0.1, -0.05) is 30.7 Å². The first-order chi connectivity index (χ1) is 12.9. The van der Waals surface area contributed by atoms with E-state index < -0.39 is 12.0 Å². The molecule has 0 aliphatic heterocycles. The van der Waals surface area contributed by atoms with Gasteiger partial charge < -0.3 is 15.7 Å². The first-order valence-electron chi connectivity index (χ1n) is 8.39. The molecule has 0 spiro atoms. The Balaban J connectivity index is 1.73. The summed E-state index contributed by atoms with van der Waals surface area (Å²) in [6, 6.07) is 12.4. The maximum Gasteiger partial charge on any atom is 0.305 e. The standard InChI is InChI=1S/C19H18ClN3O2S2/c1-2-17-22-14-8-7-13(9-16(14)27-17)21-19(26)23-15(10-18(24)25)11-3-5-12(20)6-4-11/h3-9,15H,2,10H2,1H3,(H,24,25)(H2,21,23,26)/t15-/m0/s1. The first kappa shape index (κ1) is 19.5. The van der Waals surface area contributed by atoms with Gasteiger partial charge in [0.15, 0.2) is 5.11 Å². The van der Waals surface area contributed by atoms with Gasteiger partial charge in [-0.3, -0.25) is 4.79 Å². The number of rotatable bonds is 6. The summed E-state index contributed by atoms with van der Waals surface area (Å²) < 4.78 is 1.08. The fourth-order valence-electron chi connectivity index (χ4n) is 2.65. The molecule has 3 rings (SSSR count). The van der Waals surface area contributed by atoms with Crippen LogP contribution in [0.4, 0.5) is 5.69 Å². The normalized spacial score (nSPS) is 11.9. The predicted octanol–water partition coefficient (Wildman–Crippen LogP) is 5.01. The Kier molecular flexibility index (Phi) is 6.26. The summed E-state index contributed by atoms with van der Waals surface area (Å²) in [5.74, 6) is -0.913. The number of anilines is 1. The number of carboxylic acid groups (broad SMARTS) is 1. The molecule has 0 saturated heterocycles. The minimum Gasteiger partial charge on any atom is -0.481 e. The lowest BCUT2D eigenvalue weighted by Crippen LogP contribution is -2.33. The summed E-state index contributed by atoms with van der Waals surface area (Å²) in [7, 11) is 0. The van der Waals surface area contributed by atoms with Crippen molar-refractivity contribution in [3.05, 3.63) is 58.1 Å². The minimum absolute atomic E-state index is 0.100. The number of fused-ring (bicyclic) bond motifs is 1. The number of nitrogens with zero attached hydrogens (tertiary/aromatic N) is 1. The third kappa shape index (κ3) is 5.15. The summed E-state index contributed by atoms with van der Waals surface area (Å²) in [4.78, 5) is 15.8. The van der Waals surface area contributed by atoms with Crippen LogP contribution >= 0.6 is 35.2 Å². The Morgan fingerprint density at radius 3 is 2.70 bits per heavy atom. The lowest BCUT2D eigenvalue weighted by molar-refractivity contribution is -0.137. The molecule has 0 amide bonds. The number of benzene rings is 2. The Labute approximate surface area is 171 Å². The fraction of sp³-hybridized carbons (Fsp3) is 0.211. The Morgan fingerprint density at radius 1 is 1.30 bits per heavy atom. The third-order valence-corrected chi connectivity index (χ3v) is 5.58. The average Bonchev–Trinajstić information content (AvgIpc) is 3.04. The highest BCUT2D eigenvalue weighted by molar-refractivity contribution is 7.80. The molecule has 1 heterocycles. The van der Waals surface area contributed by atoms with Crippen molar-refractivity contribution < 1.29 is 9.90 Å². The number of hydrogen-bond donors (Lipinski definition) is 3. The molecule has 2 aromatic carbocycles. The lowest BCUT2D eigenvalue weighted by atomic mass is 10.0. The number of carboxylic acids is 1. The zero-order valence-electron chi connectivity index (χ0n) is 14.5. The second kappa shape index (κ2) is 8.65. The zero-order chi connectivity index (χ0) is 19.4. The second-order valence-electron chi connectivity index (χ2n) is 5.94. The average molecular weight is 420 g/mol. The molecule has 0 unspecified atom stereocenters. The number of thiazole rings is 1. The maximum absolute atomic E-state index is 11.2. The van der Waals surface area contributed by atoms with E-state index in [0.29, 0.717) is 10.1 Å². The highest BCUT2D eigenvalue weighted by atomic mass is 35.5. The van der Waals surface area contributed by atoms with Crippen LogP contribution in [0.15, 0.2) is 42.5 Å². The number of aryl methyl sites for hydroxylation is 1. The number of halogens is 1. The molecule has 1 aromatic heterocycles. The largest absolute Gasteiger partial charge is 0.481 e. The molecule has 5 nitrogen and oxygen atoms in total. The Bertz CT molecular complexity index is 973. The number of nitrogens with one attached hydrogen (secondary N) is 2. The summed E-state index contributed by atoms with van der Waals surface area (Å²) in [5, 5.41) is 17.5. The Hall–Kier alpha value is -2.22. The molecule has 8 heteroatoms. The van der Waals surface area contributed by atoms with Crippen molar-refractivity contribution >= 4 is 62.1 Å². The summed E-state index contributed by atoms with van der Waals surface area (Å²) in [5.41, 5.74) is 2.60. The van der Waals surface area contributed by atoms with Gasteiger partial charge in [0.1, 0.15) is 0 Å². The van der Waals surface area contributed by atoms with Crippen LogP contribution in [0.1, 0.15) is 30.0 Å². The van der Waals surface area contributed by atoms with E-state index in [2.05, 4.69) is 22.5 Å². The number of thiocarbonyl (C=S) groups is 1. The van der Waals surface area contributed by atoms with E-state index >= 15 is 0 Å². The van der Waals surface area contributed by atoms with E-state index in [-0.39, 0.29) is 6.42 Å². The van der Waals surface area contributed by atoms with Crippen molar-refractivity contribution in [3.63, 3.8) is 0 Å².